The molecule has 2 amide bonds. The van der Waals surface area contributed by atoms with E-state index in [0.717, 1.165) is 71.2 Å². The van der Waals surface area contributed by atoms with Crippen molar-refractivity contribution >= 4 is 11.8 Å². The van der Waals surface area contributed by atoms with Crippen molar-refractivity contribution in [1.29, 1.82) is 0 Å². The van der Waals surface area contributed by atoms with Crippen molar-refractivity contribution in [3.63, 3.8) is 0 Å². The number of rotatable bonds is 41. The van der Waals surface area contributed by atoms with Gasteiger partial charge in [0.25, 0.3) is 0 Å². The molecule has 0 aromatic heterocycles. The Bertz CT molecular complexity index is 651. The van der Waals surface area contributed by atoms with Crippen molar-refractivity contribution in [3.8, 4) is 0 Å². The van der Waals surface area contributed by atoms with Gasteiger partial charge in [-0.3, -0.25) is 15.0 Å². The summed E-state index contributed by atoms with van der Waals surface area (Å²) in [6.45, 7) is 7.73. The molecule has 48 heavy (non-hydrogen) atoms. The smallest absolute Gasteiger partial charge is 0.235 e. The summed E-state index contributed by atoms with van der Waals surface area (Å²) in [5, 5.41) is 9.68. The Hall–Kier alpha value is -1.22. The second kappa shape index (κ2) is 41.9. The molecule has 0 rings (SSSR count). The van der Waals surface area contributed by atoms with Crippen LogP contribution >= 0.6 is 0 Å². The fourth-order valence-corrected chi connectivity index (χ4v) is 6.19. The summed E-state index contributed by atoms with van der Waals surface area (Å²) in [5.74, 6) is -0.125. The lowest BCUT2D eigenvalue weighted by Gasteiger charge is -2.09. The van der Waals surface area contributed by atoms with Gasteiger partial charge in [0.15, 0.2) is 0 Å². The maximum absolute atomic E-state index is 12.0. The number of carbonyl (C=O) groups excluding carboxylic acids is 2. The molecule has 0 bridgehead atoms. The zero-order valence-corrected chi connectivity index (χ0v) is 32.1. The first kappa shape index (κ1) is 46.8. The van der Waals surface area contributed by atoms with Crippen LogP contribution in [-0.2, 0) is 9.59 Å². The highest BCUT2D eigenvalue weighted by molar-refractivity contribution is 5.79. The highest BCUT2D eigenvalue weighted by atomic mass is 16.2. The number of nitrogens with one attached hydrogen (secondary N) is 5. The average Bonchev–Trinajstić information content (AvgIpc) is 3.08. The van der Waals surface area contributed by atoms with Crippen molar-refractivity contribution < 1.29 is 9.59 Å². The molecule has 0 atom stereocenters. The molecule has 7 N–H and O–H groups in total. The molecule has 0 heterocycles. The minimum atomic E-state index is -0.0936. The molecule has 0 fully saturated rings. The summed E-state index contributed by atoms with van der Waals surface area (Å²) in [4.78, 5) is 23.9. The summed E-state index contributed by atoms with van der Waals surface area (Å²) in [6, 6.07) is 0. The Morgan fingerprint density at radius 3 is 1.21 bits per heavy atom. The van der Waals surface area contributed by atoms with Crippen molar-refractivity contribution in [2.75, 3.05) is 45.8 Å². The summed E-state index contributed by atoms with van der Waals surface area (Å²) in [6.07, 6.45) is 39.2. The molecule has 0 saturated heterocycles. The minimum absolute atomic E-state index is 0.0318. The molecule has 0 aliphatic carbocycles. The number of hydrogen-bond donors (Lipinski definition) is 6. The summed E-state index contributed by atoms with van der Waals surface area (Å²) >= 11 is 0. The van der Waals surface area contributed by atoms with Gasteiger partial charge in [-0.1, -0.05) is 161 Å². The monoisotopic (exact) mass is 681 g/mol. The molecule has 0 unspecified atom stereocenters. The number of carbonyl (C=O) groups is 2. The van der Waals surface area contributed by atoms with Gasteiger partial charge >= 0.3 is 0 Å². The standard InChI is InChI=1S/C40H84N6O2/c1-2-3-4-5-6-7-8-9-10-11-12-13-14-15-16-17-18-19-20-21-22-23-24-25-26-31-39(47)46-45-38-40(48)44-37-30-36-43-34-28-27-33-42-35-29-32-41/h42-43,45H,2-38,41H2,1H3,(H,44,48)(H,46,47). The predicted octanol–water partition coefficient (Wildman–Crippen LogP) is 8.58. The van der Waals surface area contributed by atoms with E-state index in [0.29, 0.717) is 13.0 Å². The van der Waals surface area contributed by atoms with Crippen LogP contribution in [0.3, 0.4) is 0 Å². The van der Waals surface area contributed by atoms with E-state index in [2.05, 4.69) is 33.7 Å². The molecule has 0 aliphatic heterocycles. The quantitative estimate of drug-likeness (QED) is 0.0284. The van der Waals surface area contributed by atoms with Crippen LogP contribution in [0.15, 0.2) is 0 Å². The molecule has 8 nitrogen and oxygen atoms in total. The van der Waals surface area contributed by atoms with Crippen LogP contribution in [0.1, 0.15) is 200 Å². The number of hydrazine groups is 1. The van der Waals surface area contributed by atoms with Crippen LogP contribution in [-0.4, -0.2) is 57.6 Å². The molecular formula is C40H84N6O2. The summed E-state index contributed by atoms with van der Waals surface area (Å²) in [7, 11) is 0. The summed E-state index contributed by atoms with van der Waals surface area (Å²) < 4.78 is 0. The Labute approximate surface area is 298 Å². The van der Waals surface area contributed by atoms with Gasteiger partial charge in [-0.2, -0.15) is 0 Å². The lowest BCUT2D eigenvalue weighted by molar-refractivity contribution is -0.123. The maximum atomic E-state index is 12.0. The number of amides is 2. The highest BCUT2D eigenvalue weighted by Crippen LogP contribution is 2.16. The van der Waals surface area contributed by atoms with Gasteiger partial charge in [-0.05, 0) is 64.8 Å². The van der Waals surface area contributed by atoms with E-state index in [1.165, 1.54) is 148 Å². The molecule has 8 heteroatoms. The lowest BCUT2D eigenvalue weighted by atomic mass is 10.0. The van der Waals surface area contributed by atoms with E-state index in [-0.39, 0.29) is 18.4 Å². The van der Waals surface area contributed by atoms with Crippen LogP contribution in [0.2, 0.25) is 0 Å². The van der Waals surface area contributed by atoms with Gasteiger partial charge in [-0.15, -0.1) is 0 Å². The van der Waals surface area contributed by atoms with Gasteiger partial charge in [0, 0.05) is 13.0 Å². The fraction of sp³-hybridized carbons (Fsp3) is 0.950. The number of hydrogen-bond acceptors (Lipinski definition) is 6. The highest BCUT2D eigenvalue weighted by Gasteiger charge is 2.04. The molecule has 286 valence electrons. The topological polar surface area (TPSA) is 120 Å². The van der Waals surface area contributed by atoms with Crippen molar-refractivity contribution in [2.45, 2.75) is 200 Å². The summed E-state index contributed by atoms with van der Waals surface area (Å²) in [5.41, 5.74) is 10.9. The van der Waals surface area contributed by atoms with Crippen molar-refractivity contribution in [1.82, 2.24) is 26.8 Å². The second-order valence-electron chi connectivity index (χ2n) is 14.2. The Morgan fingerprint density at radius 2 is 0.792 bits per heavy atom. The van der Waals surface area contributed by atoms with Crippen LogP contribution < -0.4 is 32.5 Å². The predicted molar refractivity (Wildman–Crippen MR) is 208 cm³/mol. The first-order valence-corrected chi connectivity index (χ1v) is 21.1. The third-order valence-corrected chi connectivity index (χ3v) is 9.35. The molecular weight excluding hydrogens is 596 g/mol. The molecule has 0 aromatic rings. The van der Waals surface area contributed by atoms with Crippen LogP contribution in [0.4, 0.5) is 0 Å². The van der Waals surface area contributed by atoms with E-state index in [1.807, 2.05) is 0 Å². The lowest BCUT2D eigenvalue weighted by Crippen LogP contribution is -2.44. The van der Waals surface area contributed by atoms with Gasteiger partial charge in [0.05, 0.1) is 6.54 Å². The van der Waals surface area contributed by atoms with Gasteiger partial charge in [-0.25, -0.2) is 5.43 Å². The van der Waals surface area contributed by atoms with E-state index in [1.54, 1.807) is 0 Å². The molecule has 0 spiro atoms. The van der Waals surface area contributed by atoms with Gasteiger partial charge in [0.2, 0.25) is 11.8 Å². The minimum Gasteiger partial charge on any atom is -0.355 e. The number of unbranched alkanes of at least 4 members (excludes halogenated alkanes) is 25. The Balaban J connectivity index is 3.22. The van der Waals surface area contributed by atoms with Crippen molar-refractivity contribution in [2.24, 2.45) is 5.73 Å². The largest absolute Gasteiger partial charge is 0.355 e. The third kappa shape index (κ3) is 41.0. The second-order valence-corrected chi connectivity index (χ2v) is 14.2. The normalized spacial score (nSPS) is 11.3. The SMILES string of the molecule is CCCCCCCCCCCCCCCCCCCCCCCCCCCC(=O)NNCC(=O)NCCCNCCCCNCCCN. The molecule has 0 aliphatic rings. The van der Waals surface area contributed by atoms with E-state index < -0.39 is 0 Å². The molecule has 0 radical (unpaired) electrons. The van der Waals surface area contributed by atoms with E-state index in [9.17, 15) is 9.59 Å². The zero-order valence-electron chi connectivity index (χ0n) is 32.1. The molecule has 0 aromatic carbocycles. The Morgan fingerprint density at radius 1 is 0.417 bits per heavy atom. The Kier molecular flexibility index (Phi) is 40.9. The van der Waals surface area contributed by atoms with Gasteiger partial charge in [0.1, 0.15) is 0 Å². The van der Waals surface area contributed by atoms with Crippen molar-refractivity contribution in [3.05, 3.63) is 0 Å². The third-order valence-electron chi connectivity index (χ3n) is 9.35. The van der Waals surface area contributed by atoms with Crippen LogP contribution in [0, 0.1) is 0 Å². The number of nitrogens with two attached hydrogens (primary N) is 1. The van der Waals surface area contributed by atoms with E-state index in [4.69, 9.17) is 5.73 Å². The fourth-order valence-electron chi connectivity index (χ4n) is 6.19. The average molecular weight is 681 g/mol. The zero-order chi connectivity index (χ0) is 34.9. The first-order valence-electron chi connectivity index (χ1n) is 21.1. The van der Waals surface area contributed by atoms with E-state index >= 15 is 0 Å². The molecule has 0 saturated carbocycles. The first-order chi connectivity index (χ1) is 23.7. The maximum Gasteiger partial charge on any atom is 0.235 e. The van der Waals surface area contributed by atoms with Crippen LogP contribution in [0.25, 0.3) is 0 Å². The van der Waals surface area contributed by atoms with Crippen LogP contribution in [0.5, 0.6) is 0 Å². The van der Waals surface area contributed by atoms with Gasteiger partial charge < -0.3 is 21.7 Å².